The molecule has 1 nitrogen and oxygen atoms in total. The lowest BCUT2D eigenvalue weighted by atomic mass is 10.0. The maximum atomic E-state index is 4.50. The highest BCUT2D eigenvalue weighted by Gasteiger charge is 2.15. The Balaban J connectivity index is 1.96. The summed E-state index contributed by atoms with van der Waals surface area (Å²) < 4.78 is 0. The van der Waals surface area contributed by atoms with E-state index in [-0.39, 0.29) is 0 Å². The van der Waals surface area contributed by atoms with E-state index in [1.54, 1.807) is 0 Å². The largest absolute Gasteiger partial charge is 0.256 e. The van der Waals surface area contributed by atoms with Crippen molar-refractivity contribution in [1.29, 1.82) is 0 Å². The second kappa shape index (κ2) is 5.89. The van der Waals surface area contributed by atoms with Gasteiger partial charge in [0.05, 0.1) is 13.8 Å². The van der Waals surface area contributed by atoms with E-state index in [4.69, 9.17) is 0 Å². The zero-order valence-corrected chi connectivity index (χ0v) is 14.4. The average molecular weight is 303 g/mol. The molecule has 0 saturated heterocycles. The molecule has 1 aromatic heterocycles. The van der Waals surface area contributed by atoms with Crippen molar-refractivity contribution in [3.8, 4) is 22.4 Å². The fraction of sp³-hybridized carbons (Fsp3) is 0.150. The highest BCUT2D eigenvalue weighted by atomic mass is 28.3. The van der Waals surface area contributed by atoms with Crippen LogP contribution >= 0.6 is 0 Å². The Labute approximate surface area is 133 Å². The Morgan fingerprint density at radius 1 is 0.682 bits per heavy atom. The van der Waals surface area contributed by atoms with Crippen LogP contribution in [0.2, 0.25) is 19.6 Å². The van der Waals surface area contributed by atoms with Crippen molar-refractivity contribution in [3.63, 3.8) is 0 Å². The van der Waals surface area contributed by atoms with Crippen LogP contribution in [-0.2, 0) is 0 Å². The molecule has 2 aromatic carbocycles. The van der Waals surface area contributed by atoms with Crippen LogP contribution in [0.3, 0.4) is 0 Å². The third-order valence-electron chi connectivity index (χ3n) is 3.91. The molecule has 0 unspecified atom stereocenters. The molecular weight excluding hydrogens is 282 g/mol. The summed E-state index contributed by atoms with van der Waals surface area (Å²) in [5.41, 5.74) is 4.65. The van der Waals surface area contributed by atoms with Crippen molar-refractivity contribution in [1.82, 2.24) is 4.98 Å². The molecule has 0 radical (unpaired) electrons. The van der Waals surface area contributed by atoms with E-state index in [9.17, 15) is 0 Å². The van der Waals surface area contributed by atoms with Crippen LogP contribution in [0.1, 0.15) is 0 Å². The number of rotatable bonds is 3. The topological polar surface area (TPSA) is 12.9 Å². The first-order valence-electron chi connectivity index (χ1n) is 7.66. The molecule has 110 valence electrons. The summed E-state index contributed by atoms with van der Waals surface area (Å²) in [6.07, 6.45) is 1.89. The molecule has 0 N–H and O–H groups in total. The van der Waals surface area contributed by atoms with Gasteiger partial charge in [-0.15, -0.1) is 0 Å². The maximum Gasteiger partial charge on any atom is 0.0775 e. The molecule has 0 spiro atoms. The molecule has 0 aliphatic rings. The zero-order chi connectivity index (χ0) is 15.6. The molecule has 3 rings (SSSR count). The normalized spacial score (nSPS) is 11.4. The molecule has 0 amide bonds. The van der Waals surface area contributed by atoms with Crippen LogP contribution in [0.15, 0.2) is 72.9 Å². The van der Waals surface area contributed by atoms with E-state index in [1.807, 2.05) is 24.4 Å². The fourth-order valence-electron chi connectivity index (χ4n) is 2.54. The Kier molecular flexibility index (Phi) is 3.95. The van der Waals surface area contributed by atoms with E-state index >= 15 is 0 Å². The third kappa shape index (κ3) is 3.17. The van der Waals surface area contributed by atoms with Gasteiger partial charge in [-0.05, 0) is 23.3 Å². The monoisotopic (exact) mass is 303 g/mol. The predicted molar refractivity (Wildman–Crippen MR) is 98.1 cm³/mol. The minimum atomic E-state index is -1.23. The lowest BCUT2D eigenvalue weighted by Crippen LogP contribution is -2.37. The van der Waals surface area contributed by atoms with Gasteiger partial charge in [0.1, 0.15) is 0 Å². The van der Waals surface area contributed by atoms with Gasteiger partial charge in [-0.25, -0.2) is 0 Å². The van der Waals surface area contributed by atoms with Crippen LogP contribution in [0.25, 0.3) is 22.4 Å². The first-order chi connectivity index (χ1) is 10.5. The molecule has 22 heavy (non-hydrogen) atoms. The van der Waals surface area contributed by atoms with Gasteiger partial charge in [-0.2, -0.15) is 0 Å². The average Bonchev–Trinajstić information content (AvgIpc) is 2.55. The van der Waals surface area contributed by atoms with E-state index in [0.29, 0.717) is 0 Å². The first-order valence-corrected chi connectivity index (χ1v) is 11.2. The summed E-state index contributed by atoms with van der Waals surface area (Å²) in [5.74, 6) is 0. The summed E-state index contributed by atoms with van der Waals surface area (Å²) >= 11 is 0. The van der Waals surface area contributed by atoms with Crippen LogP contribution < -0.4 is 5.19 Å². The van der Waals surface area contributed by atoms with E-state index in [1.165, 1.54) is 16.3 Å². The van der Waals surface area contributed by atoms with Crippen LogP contribution in [0.4, 0.5) is 0 Å². The standard InChI is InChI=1S/C20H21NSi/c1-22(2,3)19-11-9-16(10-12-19)18-13-14-21-20(15-18)17-7-5-4-6-8-17/h4-15H,1-3H3. The smallest absolute Gasteiger partial charge is 0.0775 e. The number of hydrogen-bond acceptors (Lipinski definition) is 1. The van der Waals surface area contributed by atoms with Gasteiger partial charge >= 0.3 is 0 Å². The summed E-state index contributed by atoms with van der Waals surface area (Å²) in [5, 5.41) is 1.49. The van der Waals surface area contributed by atoms with Crippen molar-refractivity contribution in [2.45, 2.75) is 19.6 Å². The molecule has 0 aliphatic heterocycles. The predicted octanol–water partition coefficient (Wildman–Crippen LogP) is 4.96. The van der Waals surface area contributed by atoms with Gasteiger partial charge in [0, 0.05) is 11.8 Å². The van der Waals surface area contributed by atoms with Gasteiger partial charge < -0.3 is 0 Å². The van der Waals surface area contributed by atoms with Gasteiger partial charge in [-0.3, -0.25) is 4.98 Å². The van der Waals surface area contributed by atoms with Crippen molar-refractivity contribution in [3.05, 3.63) is 72.9 Å². The minimum absolute atomic E-state index is 1.02. The molecule has 1 heterocycles. The summed E-state index contributed by atoms with van der Waals surface area (Å²) in [6, 6.07) is 23.6. The highest BCUT2D eigenvalue weighted by Crippen LogP contribution is 2.24. The van der Waals surface area contributed by atoms with Crippen molar-refractivity contribution < 1.29 is 0 Å². The van der Waals surface area contributed by atoms with Crippen LogP contribution in [0.5, 0.6) is 0 Å². The molecule has 0 saturated carbocycles. The Bertz CT molecular complexity index is 756. The molecule has 0 aliphatic carbocycles. The molecule has 0 bridgehead atoms. The van der Waals surface area contributed by atoms with Gasteiger partial charge in [0.25, 0.3) is 0 Å². The number of hydrogen-bond donors (Lipinski definition) is 0. The molecule has 0 atom stereocenters. The second-order valence-corrected chi connectivity index (χ2v) is 11.7. The van der Waals surface area contributed by atoms with Crippen molar-refractivity contribution in [2.75, 3.05) is 0 Å². The molecule has 0 fully saturated rings. The number of aromatic nitrogens is 1. The molecular formula is C20H21NSi. The van der Waals surface area contributed by atoms with Crippen LogP contribution in [-0.4, -0.2) is 13.1 Å². The van der Waals surface area contributed by atoms with Crippen molar-refractivity contribution >= 4 is 13.3 Å². The Morgan fingerprint density at radius 2 is 1.36 bits per heavy atom. The fourth-order valence-corrected chi connectivity index (χ4v) is 3.71. The number of nitrogens with zero attached hydrogens (tertiary/aromatic N) is 1. The van der Waals surface area contributed by atoms with E-state index in [0.717, 1.165) is 11.3 Å². The lowest BCUT2D eigenvalue weighted by molar-refractivity contribution is 1.33. The lowest BCUT2D eigenvalue weighted by Gasteiger charge is -2.16. The molecule has 3 aromatic rings. The third-order valence-corrected chi connectivity index (χ3v) is 5.98. The minimum Gasteiger partial charge on any atom is -0.256 e. The summed E-state index contributed by atoms with van der Waals surface area (Å²) in [7, 11) is -1.23. The maximum absolute atomic E-state index is 4.50. The SMILES string of the molecule is C[Si](C)(C)c1ccc(-c2ccnc(-c3ccccc3)c2)cc1. The number of benzene rings is 2. The number of pyridine rings is 1. The second-order valence-electron chi connectivity index (χ2n) is 6.62. The highest BCUT2D eigenvalue weighted by molar-refractivity contribution is 6.88. The summed E-state index contributed by atoms with van der Waals surface area (Å²) in [4.78, 5) is 4.50. The van der Waals surface area contributed by atoms with Crippen molar-refractivity contribution in [2.24, 2.45) is 0 Å². The Hall–Kier alpha value is -2.19. The zero-order valence-electron chi connectivity index (χ0n) is 13.4. The van der Waals surface area contributed by atoms with Gasteiger partial charge in [0.2, 0.25) is 0 Å². The van der Waals surface area contributed by atoms with E-state index < -0.39 is 8.07 Å². The quantitative estimate of drug-likeness (QED) is 0.623. The first kappa shape index (κ1) is 14.7. The molecule has 2 heteroatoms. The van der Waals surface area contributed by atoms with E-state index in [2.05, 4.69) is 73.2 Å². The van der Waals surface area contributed by atoms with Gasteiger partial charge in [-0.1, -0.05) is 79.4 Å². The van der Waals surface area contributed by atoms with Crippen LogP contribution in [0, 0.1) is 0 Å². The summed E-state index contributed by atoms with van der Waals surface area (Å²) in [6.45, 7) is 7.13. The van der Waals surface area contributed by atoms with Gasteiger partial charge in [0.15, 0.2) is 0 Å². The Morgan fingerprint density at radius 3 is 2.00 bits per heavy atom.